The molecule has 0 aromatic heterocycles. The van der Waals surface area contributed by atoms with Gasteiger partial charge in [-0.15, -0.1) is 24.0 Å². The number of hydrogen-bond donors (Lipinski definition) is 0. The summed E-state index contributed by atoms with van der Waals surface area (Å²) >= 11 is 0. The maximum Gasteiger partial charge on any atom is 0.112 e. The van der Waals surface area contributed by atoms with E-state index in [1.807, 2.05) is 0 Å². The second kappa shape index (κ2) is 9.50. The van der Waals surface area contributed by atoms with E-state index in [2.05, 4.69) is 105 Å². The van der Waals surface area contributed by atoms with E-state index in [0.717, 1.165) is 0 Å². The summed E-state index contributed by atoms with van der Waals surface area (Å²) in [7, 11) is -1.61. The number of rotatable bonds is 6. The van der Waals surface area contributed by atoms with Crippen LogP contribution in [0.5, 0.6) is 0 Å². The Kier molecular flexibility index (Phi) is 7.65. The molecule has 0 saturated heterocycles. The van der Waals surface area contributed by atoms with E-state index >= 15 is 0 Å². The lowest BCUT2D eigenvalue weighted by molar-refractivity contribution is 0.630. The average molecular weight is 461 g/mol. The first-order chi connectivity index (χ1) is 11.7. The molecule has 3 aromatic rings. The molecule has 0 aliphatic heterocycles. The fourth-order valence-electron chi connectivity index (χ4n) is 3.33. The lowest BCUT2D eigenvalue weighted by atomic mass is 10.2. The first-order valence-corrected chi connectivity index (χ1v) is 10.8. The van der Waals surface area contributed by atoms with Crippen molar-refractivity contribution in [1.29, 1.82) is 0 Å². The molecule has 0 nitrogen and oxygen atoms in total. The van der Waals surface area contributed by atoms with Gasteiger partial charge in [-0.05, 0) is 48.7 Å². The summed E-state index contributed by atoms with van der Waals surface area (Å²) in [6, 6.07) is 33.4. The van der Waals surface area contributed by atoms with E-state index in [0.29, 0.717) is 5.92 Å². The fraction of sp³-hybridized carbons (Fsp3) is 0.217. The molecule has 0 fully saturated rings. The van der Waals surface area contributed by atoms with Crippen LogP contribution in [0.15, 0.2) is 91.0 Å². The topological polar surface area (TPSA) is 0 Å². The minimum absolute atomic E-state index is 0. The summed E-state index contributed by atoms with van der Waals surface area (Å²) < 4.78 is 0. The van der Waals surface area contributed by atoms with Gasteiger partial charge < -0.3 is 0 Å². The second-order valence-corrected chi connectivity index (χ2v) is 10.3. The average Bonchev–Trinajstić information content (AvgIpc) is 2.65. The predicted molar refractivity (Wildman–Crippen MR) is 125 cm³/mol. The maximum atomic E-state index is 2.33. The third-order valence-corrected chi connectivity index (χ3v) is 9.10. The van der Waals surface area contributed by atoms with Crippen molar-refractivity contribution in [1.82, 2.24) is 0 Å². The molecule has 0 heterocycles. The molecule has 0 unspecified atom stereocenters. The molecular weight excluding hydrogens is 434 g/mol. The van der Waals surface area contributed by atoms with E-state index in [1.165, 1.54) is 28.5 Å². The van der Waals surface area contributed by atoms with Gasteiger partial charge in [-0.25, -0.2) is 0 Å². The highest BCUT2D eigenvalue weighted by molar-refractivity contribution is 14.0. The second-order valence-electron chi connectivity index (χ2n) is 6.72. The Morgan fingerprint density at radius 2 is 0.920 bits per heavy atom. The largest absolute Gasteiger partial charge is 0.112 e. The van der Waals surface area contributed by atoms with E-state index < -0.39 is 7.26 Å². The Bertz CT molecular complexity index is 642. The highest BCUT2D eigenvalue weighted by Crippen LogP contribution is 2.56. The molecular formula is C23H27IP+. The molecule has 0 saturated carbocycles. The summed E-state index contributed by atoms with van der Waals surface area (Å²) in [5.74, 6) is 0.709. The van der Waals surface area contributed by atoms with Gasteiger partial charge in [0.15, 0.2) is 0 Å². The van der Waals surface area contributed by atoms with Gasteiger partial charge in [-0.2, -0.15) is 0 Å². The van der Waals surface area contributed by atoms with E-state index in [4.69, 9.17) is 0 Å². The first kappa shape index (κ1) is 20.1. The molecule has 0 atom stereocenters. The quantitative estimate of drug-likeness (QED) is 0.329. The van der Waals surface area contributed by atoms with Crippen LogP contribution in [0, 0.1) is 5.92 Å². The smallest absolute Gasteiger partial charge is 0.107 e. The van der Waals surface area contributed by atoms with Crippen molar-refractivity contribution in [2.75, 3.05) is 6.16 Å². The molecule has 0 amide bonds. The molecule has 2 heteroatoms. The van der Waals surface area contributed by atoms with Crippen LogP contribution in [0.4, 0.5) is 0 Å². The van der Waals surface area contributed by atoms with Crippen LogP contribution in [-0.2, 0) is 0 Å². The first-order valence-electron chi connectivity index (χ1n) is 8.78. The minimum atomic E-state index is -1.61. The van der Waals surface area contributed by atoms with Crippen molar-refractivity contribution < 1.29 is 0 Å². The maximum absolute atomic E-state index is 2.33. The molecule has 0 aliphatic carbocycles. The van der Waals surface area contributed by atoms with Gasteiger partial charge in [0.05, 0.1) is 6.16 Å². The highest BCUT2D eigenvalue weighted by atomic mass is 127. The molecule has 3 rings (SSSR count). The molecule has 0 N–H and O–H groups in total. The van der Waals surface area contributed by atoms with Gasteiger partial charge in [0, 0.05) is 0 Å². The summed E-state index contributed by atoms with van der Waals surface area (Å²) in [5.41, 5.74) is 0. The van der Waals surface area contributed by atoms with Crippen molar-refractivity contribution in [3.05, 3.63) is 91.0 Å². The Morgan fingerprint density at radius 3 is 1.20 bits per heavy atom. The molecule has 130 valence electrons. The minimum Gasteiger partial charge on any atom is -0.107 e. The van der Waals surface area contributed by atoms with Crippen molar-refractivity contribution in [2.45, 2.75) is 20.3 Å². The third kappa shape index (κ3) is 4.51. The van der Waals surface area contributed by atoms with Crippen molar-refractivity contribution in [3.63, 3.8) is 0 Å². The van der Waals surface area contributed by atoms with Crippen LogP contribution in [0.1, 0.15) is 20.3 Å². The zero-order chi connectivity index (χ0) is 16.8. The molecule has 0 radical (unpaired) electrons. The Hall–Kier alpha value is -1.18. The Morgan fingerprint density at radius 1 is 0.600 bits per heavy atom. The van der Waals surface area contributed by atoms with Gasteiger partial charge in [0.2, 0.25) is 0 Å². The van der Waals surface area contributed by atoms with E-state index in [-0.39, 0.29) is 24.0 Å². The van der Waals surface area contributed by atoms with Crippen LogP contribution in [0.25, 0.3) is 0 Å². The van der Waals surface area contributed by atoms with E-state index in [1.54, 1.807) is 0 Å². The van der Waals surface area contributed by atoms with Gasteiger partial charge in [0.25, 0.3) is 0 Å². The molecule has 0 bridgehead atoms. The van der Waals surface area contributed by atoms with Crippen LogP contribution >= 0.6 is 31.2 Å². The molecule has 0 spiro atoms. The summed E-state index contributed by atoms with van der Waals surface area (Å²) in [6.45, 7) is 4.66. The van der Waals surface area contributed by atoms with Crippen LogP contribution in [-0.4, -0.2) is 6.16 Å². The zero-order valence-corrected chi connectivity index (χ0v) is 18.2. The lowest BCUT2D eigenvalue weighted by Gasteiger charge is -2.28. The van der Waals surface area contributed by atoms with Crippen molar-refractivity contribution >= 4 is 47.2 Å². The Labute approximate surface area is 170 Å². The fourth-order valence-corrected chi connectivity index (χ4v) is 7.95. The van der Waals surface area contributed by atoms with Gasteiger partial charge >= 0.3 is 0 Å². The van der Waals surface area contributed by atoms with Crippen molar-refractivity contribution in [3.8, 4) is 0 Å². The summed E-state index contributed by atoms with van der Waals surface area (Å²) in [6.07, 6.45) is 2.47. The molecule has 25 heavy (non-hydrogen) atoms. The summed E-state index contributed by atoms with van der Waals surface area (Å²) in [5, 5.41) is 4.47. The third-order valence-electron chi connectivity index (χ3n) is 4.63. The zero-order valence-electron chi connectivity index (χ0n) is 15.0. The van der Waals surface area contributed by atoms with Gasteiger partial charge in [-0.1, -0.05) is 68.4 Å². The van der Waals surface area contributed by atoms with Crippen LogP contribution in [0.3, 0.4) is 0 Å². The van der Waals surface area contributed by atoms with Crippen LogP contribution in [0.2, 0.25) is 0 Å². The molecule has 3 aromatic carbocycles. The Balaban J connectivity index is 0.00000225. The van der Waals surface area contributed by atoms with Gasteiger partial charge in [0.1, 0.15) is 23.2 Å². The highest BCUT2D eigenvalue weighted by Gasteiger charge is 2.44. The normalized spacial score (nSPS) is 11.2. The number of halogens is 1. The standard InChI is InChI=1S/C23H26P.HI/c1-20(2)18-19-24(21-12-6-3-7-13-21,22-14-8-4-9-15-22)23-16-10-5-11-17-23;/h3-17,20H,18-19H2,1-2H3;1H/q+1;. The number of benzene rings is 3. The van der Waals surface area contributed by atoms with Gasteiger partial charge in [-0.3, -0.25) is 0 Å². The predicted octanol–water partition coefficient (Wildman–Crippen LogP) is 5.64. The molecule has 0 aliphatic rings. The summed E-state index contributed by atoms with van der Waals surface area (Å²) in [4.78, 5) is 0. The van der Waals surface area contributed by atoms with Crippen LogP contribution < -0.4 is 15.9 Å². The lowest BCUT2D eigenvalue weighted by Crippen LogP contribution is -2.33. The van der Waals surface area contributed by atoms with Crippen molar-refractivity contribution in [2.24, 2.45) is 5.92 Å². The number of hydrogen-bond acceptors (Lipinski definition) is 0. The van der Waals surface area contributed by atoms with E-state index in [9.17, 15) is 0 Å². The SMILES string of the molecule is CC(C)CC[P+](c1ccccc1)(c1ccccc1)c1ccccc1.I. The monoisotopic (exact) mass is 461 g/mol.